The predicted octanol–water partition coefficient (Wildman–Crippen LogP) is 2.75. The highest BCUT2D eigenvalue weighted by Crippen LogP contribution is 2.47. The van der Waals surface area contributed by atoms with Gasteiger partial charge in [0.25, 0.3) is 0 Å². The molecule has 1 N–H and O–H groups in total. The number of amides is 1. The number of nitrogens with zero attached hydrogens (tertiary/aromatic N) is 1. The molecule has 29 heavy (non-hydrogen) atoms. The molecule has 2 fully saturated rings. The van der Waals surface area contributed by atoms with Crippen LogP contribution in [-0.4, -0.2) is 69.5 Å². The standard InChI is InChI=1S/C23H36N2O4/c1-22(2)18-23(9-14-29-22,19-7-4-5-8-20(19)27-3)17-21(26)24-10-6-11-25-12-15-28-16-13-25/h4-5,7-8H,6,9-18H2,1-3H3,(H,24,26). The summed E-state index contributed by atoms with van der Waals surface area (Å²) in [5.74, 6) is 0.959. The van der Waals surface area contributed by atoms with E-state index < -0.39 is 0 Å². The predicted molar refractivity (Wildman–Crippen MR) is 113 cm³/mol. The lowest BCUT2D eigenvalue weighted by Gasteiger charge is -2.45. The molecule has 0 radical (unpaired) electrons. The molecule has 2 saturated heterocycles. The lowest BCUT2D eigenvalue weighted by molar-refractivity contribution is -0.126. The lowest BCUT2D eigenvalue weighted by atomic mass is 9.67. The molecule has 0 spiro atoms. The van der Waals surface area contributed by atoms with Gasteiger partial charge in [-0.2, -0.15) is 0 Å². The zero-order valence-corrected chi connectivity index (χ0v) is 18.2. The van der Waals surface area contributed by atoms with Crippen molar-refractivity contribution in [2.24, 2.45) is 0 Å². The third-order valence-corrected chi connectivity index (χ3v) is 6.09. The molecule has 1 amide bonds. The van der Waals surface area contributed by atoms with Crippen LogP contribution in [0.25, 0.3) is 0 Å². The molecule has 1 unspecified atom stereocenters. The van der Waals surface area contributed by atoms with Crippen molar-refractivity contribution in [2.75, 3.05) is 53.1 Å². The molecule has 6 nitrogen and oxygen atoms in total. The van der Waals surface area contributed by atoms with Crippen molar-refractivity contribution in [1.82, 2.24) is 10.2 Å². The Hall–Kier alpha value is -1.63. The first-order chi connectivity index (χ1) is 13.9. The molecular weight excluding hydrogens is 368 g/mol. The summed E-state index contributed by atoms with van der Waals surface area (Å²) in [6.45, 7) is 10.2. The quantitative estimate of drug-likeness (QED) is 0.675. The van der Waals surface area contributed by atoms with Crippen LogP contribution >= 0.6 is 0 Å². The molecule has 0 bridgehead atoms. The van der Waals surface area contributed by atoms with Crippen LogP contribution in [0.4, 0.5) is 0 Å². The first-order valence-electron chi connectivity index (χ1n) is 10.8. The fourth-order valence-corrected chi connectivity index (χ4v) is 4.76. The van der Waals surface area contributed by atoms with Crippen LogP contribution in [0.1, 0.15) is 45.1 Å². The summed E-state index contributed by atoms with van der Waals surface area (Å²) in [6.07, 6.45) is 3.03. The van der Waals surface area contributed by atoms with E-state index in [1.165, 1.54) is 0 Å². The van der Waals surface area contributed by atoms with Crippen molar-refractivity contribution in [3.05, 3.63) is 29.8 Å². The zero-order valence-electron chi connectivity index (χ0n) is 18.2. The molecule has 6 heteroatoms. The number of ether oxygens (including phenoxy) is 3. The molecule has 1 aromatic rings. The van der Waals surface area contributed by atoms with Gasteiger partial charge in [-0.05, 0) is 45.7 Å². The summed E-state index contributed by atoms with van der Waals surface area (Å²) in [4.78, 5) is 15.3. The van der Waals surface area contributed by atoms with Crippen LogP contribution in [0.15, 0.2) is 24.3 Å². The zero-order chi connectivity index (χ0) is 20.7. The van der Waals surface area contributed by atoms with E-state index in [4.69, 9.17) is 14.2 Å². The minimum atomic E-state index is -0.275. The Morgan fingerprint density at radius 3 is 2.69 bits per heavy atom. The number of carbonyl (C=O) groups excluding carboxylic acids is 1. The SMILES string of the molecule is COc1ccccc1C1(CC(=O)NCCCN2CCOCC2)CCOC(C)(C)C1. The maximum absolute atomic E-state index is 12.9. The highest BCUT2D eigenvalue weighted by molar-refractivity contribution is 5.78. The smallest absolute Gasteiger partial charge is 0.220 e. The minimum Gasteiger partial charge on any atom is -0.496 e. The second-order valence-corrected chi connectivity index (χ2v) is 8.85. The van der Waals surface area contributed by atoms with E-state index in [1.807, 2.05) is 18.2 Å². The average molecular weight is 405 g/mol. The van der Waals surface area contributed by atoms with Crippen molar-refractivity contribution >= 4 is 5.91 Å². The summed E-state index contributed by atoms with van der Waals surface area (Å²) in [6, 6.07) is 8.10. The van der Waals surface area contributed by atoms with Crippen molar-refractivity contribution in [3.63, 3.8) is 0 Å². The Kier molecular flexibility index (Phi) is 7.55. The number of nitrogens with one attached hydrogen (secondary N) is 1. The van der Waals surface area contributed by atoms with Gasteiger partial charge >= 0.3 is 0 Å². The number of hydrogen-bond acceptors (Lipinski definition) is 5. The highest BCUT2D eigenvalue weighted by Gasteiger charge is 2.44. The maximum Gasteiger partial charge on any atom is 0.220 e. The van der Waals surface area contributed by atoms with Crippen LogP contribution in [0.3, 0.4) is 0 Å². The van der Waals surface area contributed by atoms with E-state index in [9.17, 15) is 4.79 Å². The van der Waals surface area contributed by atoms with E-state index in [1.54, 1.807) is 7.11 Å². The topological polar surface area (TPSA) is 60.0 Å². The monoisotopic (exact) mass is 404 g/mol. The van der Waals surface area contributed by atoms with Gasteiger partial charge in [-0.3, -0.25) is 9.69 Å². The van der Waals surface area contributed by atoms with Gasteiger partial charge in [-0.1, -0.05) is 18.2 Å². The molecule has 0 saturated carbocycles. The number of morpholine rings is 1. The van der Waals surface area contributed by atoms with E-state index in [2.05, 4.69) is 30.1 Å². The van der Waals surface area contributed by atoms with Crippen LogP contribution in [-0.2, 0) is 19.7 Å². The first kappa shape index (κ1) is 22.1. The van der Waals surface area contributed by atoms with Crippen molar-refractivity contribution < 1.29 is 19.0 Å². The number of methoxy groups -OCH3 is 1. The maximum atomic E-state index is 12.9. The molecular formula is C23H36N2O4. The number of para-hydroxylation sites is 1. The van der Waals surface area contributed by atoms with Crippen molar-refractivity contribution in [2.45, 2.75) is 50.5 Å². The van der Waals surface area contributed by atoms with E-state index >= 15 is 0 Å². The third-order valence-electron chi connectivity index (χ3n) is 6.09. The highest BCUT2D eigenvalue weighted by atomic mass is 16.5. The number of benzene rings is 1. The fraction of sp³-hybridized carbons (Fsp3) is 0.696. The molecule has 3 rings (SSSR count). The third kappa shape index (κ3) is 5.93. The lowest BCUT2D eigenvalue weighted by Crippen LogP contribution is -2.47. The van der Waals surface area contributed by atoms with Crippen LogP contribution < -0.4 is 10.1 Å². The number of rotatable bonds is 8. The Morgan fingerprint density at radius 2 is 1.97 bits per heavy atom. The van der Waals surface area contributed by atoms with Gasteiger partial charge in [-0.25, -0.2) is 0 Å². The van der Waals surface area contributed by atoms with E-state index in [-0.39, 0.29) is 16.9 Å². The van der Waals surface area contributed by atoms with E-state index in [0.29, 0.717) is 19.6 Å². The van der Waals surface area contributed by atoms with Gasteiger partial charge in [0.1, 0.15) is 5.75 Å². The average Bonchev–Trinajstić information content (AvgIpc) is 2.71. The Balaban J connectivity index is 1.63. The molecule has 0 aliphatic carbocycles. The van der Waals surface area contributed by atoms with Gasteiger partial charge in [0.2, 0.25) is 5.91 Å². The normalized spacial score (nSPS) is 24.8. The summed E-state index contributed by atoms with van der Waals surface area (Å²) < 4.78 is 17.0. The summed E-state index contributed by atoms with van der Waals surface area (Å²) in [7, 11) is 1.70. The molecule has 2 aliphatic heterocycles. The van der Waals surface area contributed by atoms with Gasteiger partial charge < -0.3 is 19.5 Å². The number of hydrogen-bond donors (Lipinski definition) is 1. The van der Waals surface area contributed by atoms with Gasteiger partial charge in [0.05, 0.1) is 25.9 Å². The Labute approximate surface area is 174 Å². The number of carbonyl (C=O) groups is 1. The molecule has 2 aliphatic rings. The van der Waals surface area contributed by atoms with Crippen LogP contribution in [0.2, 0.25) is 0 Å². The largest absolute Gasteiger partial charge is 0.496 e. The summed E-state index contributed by atoms with van der Waals surface area (Å²) >= 11 is 0. The summed E-state index contributed by atoms with van der Waals surface area (Å²) in [5, 5.41) is 3.15. The van der Waals surface area contributed by atoms with E-state index in [0.717, 1.165) is 63.4 Å². The Bertz CT molecular complexity index is 673. The second-order valence-electron chi connectivity index (χ2n) is 8.85. The van der Waals surface area contributed by atoms with Gasteiger partial charge in [0, 0.05) is 43.6 Å². The van der Waals surface area contributed by atoms with Crippen LogP contribution in [0.5, 0.6) is 5.75 Å². The van der Waals surface area contributed by atoms with Crippen molar-refractivity contribution in [1.29, 1.82) is 0 Å². The molecule has 1 aromatic carbocycles. The minimum absolute atomic E-state index is 0.107. The molecule has 0 aromatic heterocycles. The Morgan fingerprint density at radius 1 is 1.21 bits per heavy atom. The molecule has 162 valence electrons. The summed E-state index contributed by atoms with van der Waals surface area (Å²) in [5.41, 5.74) is 0.570. The fourth-order valence-electron chi connectivity index (χ4n) is 4.76. The van der Waals surface area contributed by atoms with Gasteiger partial charge in [0.15, 0.2) is 0 Å². The molecule has 2 heterocycles. The van der Waals surface area contributed by atoms with Gasteiger partial charge in [-0.15, -0.1) is 0 Å². The van der Waals surface area contributed by atoms with Crippen LogP contribution in [0, 0.1) is 0 Å². The first-order valence-corrected chi connectivity index (χ1v) is 10.8. The molecule has 1 atom stereocenters. The van der Waals surface area contributed by atoms with Crippen molar-refractivity contribution in [3.8, 4) is 5.75 Å². The second kappa shape index (κ2) is 9.92.